The van der Waals surface area contributed by atoms with Gasteiger partial charge in [0, 0.05) is 12.5 Å². The van der Waals surface area contributed by atoms with Gasteiger partial charge in [0.05, 0.1) is 30.8 Å². The van der Waals surface area contributed by atoms with Crippen LogP contribution in [-0.2, 0) is 18.4 Å². The quantitative estimate of drug-likeness (QED) is 0.349. The standard InChI is InChI=1S/C21H43NO4Si2/c1-14(26-28(10,11)21(5,6)7)17-18(22-19(17)23)15(16-13-24-16)12-25-27(8,9)20(2,3)4/h14-18H,12-13H2,1-11H3,(H,22,23)/t14-,15+,16+,17-,18-/m1/s1. The summed E-state index contributed by atoms with van der Waals surface area (Å²) in [5, 5.41) is 3.44. The highest BCUT2D eigenvalue weighted by Gasteiger charge is 2.54. The first-order valence-electron chi connectivity index (χ1n) is 10.7. The van der Waals surface area contributed by atoms with E-state index in [9.17, 15) is 4.79 Å². The van der Waals surface area contributed by atoms with Crippen LogP contribution in [-0.4, -0.2) is 54.0 Å². The number of epoxide rings is 1. The molecule has 28 heavy (non-hydrogen) atoms. The van der Waals surface area contributed by atoms with E-state index >= 15 is 0 Å². The summed E-state index contributed by atoms with van der Waals surface area (Å²) in [6.07, 6.45) is 0.103. The van der Waals surface area contributed by atoms with Gasteiger partial charge in [0.2, 0.25) is 5.91 Å². The monoisotopic (exact) mass is 429 g/mol. The number of carbonyl (C=O) groups is 1. The summed E-state index contributed by atoms with van der Waals surface area (Å²) in [6.45, 7) is 26.0. The zero-order chi connectivity index (χ0) is 21.7. The number of hydrogen-bond donors (Lipinski definition) is 1. The molecule has 2 saturated heterocycles. The fourth-order valence-electron chi connectivity index (χ4n) is 3.28. The summed E-state index contributed by atoms with van der Waals surface area (Å²) in [5.41, 5.74) is 0. The van der Waals surface area contributed by atoms with E-state index in [0.717, 1.165) is 6.61 Å². The van der Waals surface area contributed by atoms with Gasteiger partial charge in [0.1, 0.15) is 0 Å². The van der Waals surface area contributed by atoms with Crippen LogP contribution in [0.1, 0.15) is 48.5 Å². The number of β-lactam (4-membered cyclic amide) rings is 1. The number of nitrogens with one attached hydrogen (secondary N) is 1. The van der Waals surface area contributed by atoms with Gasteiger partial charge in [-0.25, -0.2) is 0 Å². The van der Waals surface area contributed by atoms with Crippen LogP contribution in [0.15, 0.2) is 0 Å². The molecule has 0 saturated carbocycles. The lowest BCUT2D eigenvalue weighted by Crippen LogP contribution is -2.67. The van der Waals surface area contributed by atoms with Crippen molar-refractivity contribution in [1.82, 2.24) is 5.32 Å². The molecule has 0 bridgehead atoms. The van der Waals surface area contributed by atoms with Gasteiger partial charge < -0.3 is 18.9 Å². The highest BCUT2D eigenvalue weighted by molar-refractivity contribution is 6.74. The molecule has 1 amide bonds. The normalized spacial score (nSPS) is 28.4. The first kappa shape index (κ1) is 24.1. The lowest BCUT2D eigenvalue weighted by atomic mass is 9.77. The summed E-state index contributed by atoms with van der Waals surface area (Å²) in [6, 6.07) is 0.0736. The largest absolute Gasteiger partial charge is 0.416 e. The Hall–Kier alpha value is -0.216. The molecule has 0 aromatic carbocycles. The van der Waals surface area contributed by atoms with E-state index in [4.69, 9.17) is 13.6 Å². The molecule has 2 aliphatic heterocycles. The van der Waals surface area contributed by atoms with Gasteiger partial charge >= 0.3 is 0 Å². The van der Waals surface area contributed by atoms with Crippen LogP contribution in [0.3, 0.4) is 0 Å². The van der Waals surface area contributed by atoms with Crippen LogP contribution in [0.4, 0.5) is 0 Å². The Labute approximate surface area is 174 Å². The molecule has 5 nitrogen and oxygen atoms in total. The lowest BCUT2D eigenvalue weighted by Gasteiger charge is -2.48. The number of hydrogen-bond acceptors (Lipinski definition) is 4. The van der Waals surface area contributed by atoms with Gasteiger partial charge in [0.25, 0.3) is 0 Å². The summed E-state index contributed by atoms with van der Waals surface area (Å²) in [4.78, 5) is 12.5. The first-order chi connectivity index (χ1) is 12.5. The van der Waals surface area contributed by atoms with Gasteiger partial charge in [-0.3, -0.25) is 4.79 Å². The second kappa shape index (κ2) is 7.80. The van der Waals surface area contributed by atoms with Crippen molar-refractivity contribution in [1.29, 1.82) is 0 Å². The molecule has 0 aromatic heterocycles. The SMILES string of the molecule is C[C@@H](O[Si](C)(C)C(C)(C)C)[C@H]1C(=O)N[C@@H]1[C@@H](CO[Si](C)(C)C(C)(C)C)[C@@H]1CO1. The second-order valence-corrected chi connectivity index (χ2v) is 21.3. The predicted molar refractivity (Wildman–Crippen MR) is 120 cm³/mol. The molecule has 2 aliphatic rings. The zero-order valence-electron chi connectivity index (χ0n) is 19.9. The van der Waals surface area contributed by atoms with Crippen molar-refractivity contribution in [2.75, 3.05) is 13.2 Å². The van der Waals surface area contributed by atoms with Crippen LogP contribution in [0.5, 0.6) is 0 Å². The Morgan fingerprint density at radius 3 is 1.96 bits per heavy atom. The summed E-state index contributed by atoms with van der Waals surface area (Å²) >= 11 is 0. The summed E-state index contributed by atoms with van der Waals surface area (Å²) in [5.74, 6) is 0.183. The van der Waals surface area contributed by atoms with Crippen LogP contribution in [0.25, 0.3) is 0 Å². The van der Waals surface area contributed by atoms with Crippen molar-refractivity contribution in [2.24, 2.45) is 11.8 Å². The molecule has 164 valence electrons. The van der Waals surface area contributed by atoms with Gasteiger partial charge in [-0.2, -0.15) is 0 Å². The highest BCUT2D eigenvalue weighted by atomic mass is 28.4. The average Bonchev–Trinajstić information content (AvgIpc) is 3.27. The lowest BCUT2D eigenvalue weighted by molar-refractivity contribution is -0.143. The van der Waals surface area contributed by atoms with Crippen LogP contribution in [0.2, 0.25) is 36.3 Å². The molecule has 0 aliphatic carbocycles. The zero-order valence-corrected chi connectivity index (χ0v) is 21.9. The molecule has 0 unspecified atom stereocenters. The third-order valence-corrected chi connectivity index (χ3v) is 16.6. The molecule has 0 aromatic rings. The maximum atomic E-state index is 12.5. The Bertz CT molecular complexity index is 576. The Balaban J connectivity index is 2.08. The van der Waals surface area contributed by atoms with E-state index < -0.39 is 16.6 Å². The summed E-state index contributed by atoms with van der Waals surface area (Å²) in [7, 11) is -3.77. The van der Waals surface area contributed by atoms with E-state index in [0.29, 0.717) is 6.61 Å². The maximum Gasteiger partial charge on any atom is 0.228 e. The van der Waals surface area contributed by atoms with E-state index in [-0.39, 0.29) is 46.1 Å². The predicted octanol–water partition coefficient (Wildman–Crippen LogP) is 4.55. The van der Waals surface area contributed by atoms with E-state index in [2.05, 4.69) is 80.0 Å². The van der Waals surface area contributed by atoms with Crippen LogP contribution in [0, 0.1) is 11.8 Å². The minimum Gasteiger partial charge on any atom is -0.416 e. The number of amides is 1. The minimum absolute atomic E-state index is 0.0736. The van der Waals surface area contributed by atoms with Crippen molar-refractivity contribution in [2.45, 2.75) is 103 Å². The van der Waals surface area contributed by atoms with Crippen molar-refractivity contribution in [3.8, 4) is 0 Å². The van der Waals surface area contributed by atoms with E-state index in [1.807, 2.05) is 0 Å². The number of ether oxygens (including phenoxy) is 1. The van der Waals surface area contributed by atoms with Gasteiger partial charge in [-0.1, -0.05) is 41.5 Å². The highest BCUT2D eigenvalue weighted by Crippen LogP contribution is 2.42. The molecule has 5 atom stereocenters. The van der Waals surface area contributed by atoms with Gasteiger partial charge in [-0.05, 0) is 43.2 Å². The topological polar surface area (TPSA) is 60.1 Å². The number of rotatable bonds is 8. The average molecular weight is 430 g/mol. The Kier molecular flexibility index (Phi) is 6.70. The number of carbonyl (C=O) groups excluding carboxylic acids is 1. The smallest absolute Gasteiger partial charge is 0.228 e. The molecular weight excluding hydrogens is 386 g/mol. The van der Waals surface area contributed by atoms with Crippen LogP contribution < -0.4 is 5.32 Å². The van der Waals surface area contributed by atoms with Gasteiger partial charge in [-0.15, -0.1) is 0 Å². The van der Waals surface area contributed by atoms with Gasteiger partial charge in [0.15, 0.2) is 16.6 Å². The Morgan fingerprint density at radius 1 is 1.07 bits per heavy atom. The van der Waals surface area contributed by atoms with Crippen molar-refractivity contribution in [3.63, 3.8) is 0 Å². The van der Waals surface area contributed by atoms with Crippen molar-refractivity contribution >= 4 is 22.5 Å². The summed E-state index contributed by atoms with van der Waals surface area (Å²) < 4.78 is 18.7. The Morgan fingerprint density at radius 2 is 1.57 bits per heavy atom. The minimum atomic E-state index is -1.93. The van der Waals surface area contributed by atoms with Crippen LogP contribution >= 0.6 is 0 Å². The van der Waals surface area contributed by atoms with E-state index in [1.54, 1.807) is 0 Å². The fourth-order valence-corrected chi connectivity index (χ4v) is 5.75. The molecule has 0 radical (unpaired) electrons. The molecular formula is C21H43NO4Si2. The third kappa shape index (κ3) is 5.09. The maximum absolute atomic E-state index is 12.5. The molecule has 2 fully saturated rings. The van der Waals surface area contributed by atoms with Crippen molar-refractivity contribution in [3.05, 3.63) is 0 Å². The molecule has 0 spiro atoms. The third-order valence-electron chi connectivity index (χ3n) is 7.53. The second-order valence-electron chi connectivity index (χ2n) is 11.8. The van der Waals surface area contributed by atoms with E-state index in [1.165, 1.54) is 0 Å². The van der Waals surface area contributed by atoms with Crippen molar-refractivity contribution < 1.29 is 18.4 Å². The molecule has 2 heterocycles. The first-order valence-corrected chi connectivity index (χ1v) is 16.5. The molecule has 7 heteroatoms. The molecule has 2 rings (SSSR count). The fraction of sp³-hybridized carbons (Fsp3) is 0.952. The molecule has 1 N–H and O–H groups in total.